The summed E-state index contributed by atoms with van der Waals surface area (Å²) in [5.74, 6) is -0.947. The first-order chi connectivity index (χ1) is 15.4. The molecule has 3 rings (SSSR count). The van der Waals surface area contributed by atoms with Crippen molar-refractivity contribution < 1.29 is 22.7 Å². The Morgan fingerprint density at radius 3 is 2.31 bits per heavy atom. The summed E-state index contributed by atoms with van der Waals surface area (Å²) in [6.45, 7) is 6.42. The number of morpholine rings is 1. The molecule has 1 N–H and O–H groups in total. The molecule has 1 fully saturated rings. The average Bonchev–Trinajstić information content (AvgIpc) is 2.83. The van der Waals surface area contributed by atoms with Crippen LogP contribution in [0.25, 0.3) is 0 Å². The van der Waals surface area contributed by atoms with Gasteiger partial charge in [0.1, 0.15) is 6.54 Å². The van der Waals surface area contributed by atoms with E-state index in [1.807, 2.05) is 24.3 Å². The number of anilines is 2. The second-order valence-electron chi connectivity index (χ2n) is 7.41. The van der Waals surface area contributed by atoms with Crippen molar-refractivity contribution in [3.63, 3.8) is 0 Å². The molecule has 1 aliphatic heterocycles. The molecule has 0 spiro atoms. The van der Waals surface area contributed by atoms with Gasteiger partial charge in [0.05, 0.1) is 29.4 Å². The van der Waals surface area contributed by atoms with Crippen molar-refractivity contribution in [1.29, 1.82) is 0 Å². The third-order valence-electron chi connectivity index (χ3n) is 5.36. The molecule has 0 atom stereocenters. The van der Waals surface area contributed by atoms with Gasteiger partial charge in [0, 0.05) is 31.0 Å². The van der Waals surface area contributed by atoms with Gasteiger partial charge in [0.15, 0.2) is 9.84 Å². The Labute approximate surface area is 189 Å². The molecule has 32 heavy (non-hydrogen) atoms. The smallest absolute Gasteiger partial charge is 0.255 e. The lowest BCUT2D eigenvalue weighted by Crippen LogP contribution is -2.38. The Kier molecular flexibility index (Phi) is 7.87. The van der Waals surface area contributed by atoms with Crippen molar-refractivity contribution in [2.24, 2.45) is 0 Å². The summed E-state index contributed by atoms with van der Waals surface area (Å²) in [4.78, 5) is 29.2. The van der Waals surface area contributed by atoms with Crippen LogP contribution in [0.15, 0.2) is 53.4 Å². The fourth-order valence-corrected chi connectivity index (χ4v) is 4.61. The molecule has 0 radical (unpaired) electrons. The summed E-state index contributed by atoms with van der Waals surface area (Å²) in [5.41, 5.74) is 1.77. The molecule has 0 saturated carbocycles. The highest BCUT2D eigenvalue weighted by molar-refractivity contribution is 7.91. The normalized spacial score (nSPS) is 14.1. The van der Waals surface area contributed by atoms with Crippen LogP contribution in [-0.4, -0.2) is 70.3 Å². The van der Waals surface area contributed by atoms with Crippen molar-refractivity contribution in [2.75, 3.05) is 55.4 Å². The summed E-state index contributed by atoms with van der Waals surface area (Å²) in [6.07, 6.45) is 0. The van der Waals surface area contributed by atoms with Crippen LogP contribution in [0.4, 0.5) is 11.4 Å². The van der Waals surface area contributed by atoms with Gasteiger partial charge in [-0.05, 0) is 43.3 Å². The van der Waals surface area contributed by atoms with Gasteiger partial charge in [0.2, 0.25) is 5.91 Å². The standard InChI is InChI=1S/C23H29N3O5S/c1-3-25(23(28)20-7-5-6-8-21(20)32(29,30)4-2)17-22(27)24-18-9-11-19(12-10-18)26-13-15-31-16-14-26/h5-12H,3-4,13-17H2,1-2H3,(H,24,27). The van der Waals surface area contributed by atoms with E-state index in [-0.39, 0.29) is 35.2 Å². The van der Waals surface area contributed by atoms with Crippen LogP contribution in [0.1, 0.15) is 24.2 Å². The number of benzene rings is 2. The largest absolute Gasteiger partial charge is 0.378 e. The first kappa shape index (κ1) is 23.7. The number of hydrogen-bond donors (Lipinski definition) is 1. The van der Waals surface area contributed by atoms with Gasteiger partial charge in [-0.2, -0.15) is 0 Å². The minimum atomic E-state index is -3.57. The first-order valence-corrected chi connectivity index (χ1v) is 12.3. The summed E-state index contributed by atoms with van der Waals surface area (Å²) in [7, 11) is -3.57. The maximum Gasteiger partial charge on any atom is 0.255 e. The van der Waals surface area contributed by atoms with Gasteiger partial charge in [-0.15, -0.1) is 0 Å². The van der Waals surface area contributed by atoms with Crippen LogP contribution in [0.3, 0.4) is 0 Å². The summed E-state index contributed by atoms with van der Waals surface area (Å²) < 4.78 is 30.1. The van der Waals surface area contributed by atoms with E-state index in [0.29, 0.717) is 18.9 Å². The van der Waals surface area contributed by atoms with Crippen LogP contribution in [-0.2, 0) is 19.4 Å². The third kappa shape index (κ3) is 5.66. The fraction of sp³-hybridized carbons (Fsp3) is 0.391. The second kappa shape index (κ2) is 10.6. The SMILES string of the molecule is CCN(CC(=O)Nc1ccc(N2CCOCC2)cc1)C(=O)c1ccccc1S(=O)(=O)CC. The molecule has 2 aromatic rings. The molecule has 0 unspecified atom stereocenters. The molecule has 2 amide bonds. The van der Waals surface area contributed by atoms with E-state index in [2.05, 4.69) is 10.2 Å². The van der Waals surface area contributed by atoms with Gasteiger partial charge in [-0.25, -0.2) is 8.42 Å². The van der Waals surface area contributed by atoms with Gasteiger partial charge in [-0.1, -0.05) is 19.1 Å². The predicted molar refractivity (Wildman–Crippen MR) is 124 cm³/mol. The zero-order chi connectivity index (χ0) is 23.1. The molecular formula is C23H29N3O5S. The minimum Gasteiger partial charge on any atom is -0.378 e. The number of rotatable bonds is 8. The Hall–Kier alpha value is -2.91. The maximum atomic E-state index is 13.0. The number of hydrogen-bond acceptors (Lipinski definition) is 6. The second-order valence-corrected chi connectivity index (χ2v) is 9.66. The number of carbonyl (C=O) groups excluding carboxylic acids is 2. The van der Waals surface area contributed by atoms with E-state index >= 15 is 0 Å². The molecule has 172 valence electrons. The molecule has 0 bridgehead atoms. The first-order valence-electron chi connectivity index (χ1n) is 10.7. The van der Waals surface area contributed by atoms with E-state index in [1.54, 1.807) is 19.1 Å². The number of likely N-dealkylation sites (N-methyl/N-ethyl adjacent to an activating group) is 1. The topological polar surface area (TPSA) is 96.0 Å². The van der Waals surface area contributed by atoms with E-state index < -0.39 is 15.7 Å². The van der Waals surface area contributed by atoms with Crippen molar-refractivity contribution >= 4 is 33.0 Å². The lowest BCUT2D eigenvalue weighted by molar-refractivity contribution is -0.116. The Morgan fingerprint density at radius 1 is 1.03 bits per heavy atom. The van der Waals surface area contributed by atoms with E-state index in [1.165, 1.54) is 24.0 Å². The quantitative estimate of drug-likeness (QED) is 0.651. The minimum absolute atomic E-state index is 0.00920. The summed E-state index contributed by atoms with van der Waals surface area (Å²) in [6, 6.07) is 13.6. The molecule has 8 nitrogen and oxygen atoms in total. The number of ether oxygens (including phenoxy) is 1. The maximum absolute atomic E-state index is 13.0. The molecule has 1 saturated heterocycles. The van der Waals surface area contributed by atoms with Gasteiger partial charge < -0.3 is 19.9 Å². The predicted octanol–water partition coefficient (Wildman–Crippen LogP) is 2.42. The average molecular weight is 460 g/mol. The molecule has 2 aromatic carbocycles. The molecule has 9 heteroatoms. The molecule has 1 aliphatic rings. The molecule has 0 aliphatic carbocycles. The monoisotopic (exact) mass is 459 g/mol. The summed E-state index contributed by atoms with van der Waals surface area (Å²) in [5, 5.41) is 2.80. The summed E-state index contributed by atoms with van der Waals surface area (Å²) >= 11 is 0. The number of amides is 2. The van der Waals surface area contributed by atoms with E-state index in [4.69, 9.17) is 4.74 Å². The number of carbonyl (C=O) groups is 2. The van der Waals surface area contributed by atoms with Crippen LogP contribution < -0.4 is 10.2 Å². The van der Waals surface area contributed by atoms with Crippen LogP contribution >= 0.6 is 0 Å². The van der Waals surface area contributed by atoms with E-state index in [9.17, 15) is 18.0 Å². The number of nitrogens with zero attached hydrogens (tertiary/aromatic N) is 2. The van der Waals surface area contributed by atoms with Crippen molar-refractivity contribution in [3.8, 4) is 0 Å². The van der Waals surface area contributed by atoms with Crippen molar-refractivity contribution in [2.45, 2.75) is 18.7 Å². The zero-order valence-corrected chi connectivity index (χ0v) is 19.2. The molecule has 0 aromatic heterocycles. The van der Waals surface area contributed by atoms with Gasteiger partial charge >= 0.3 is 0 Å². The Morgan fingerprint density at radius 2 is 1.69 bits per heavy atom. The van der Waals surface area contributed by atoms with Crippen molar-refractivity contribution in [1.82, 2.24) is 4.90 Å². The molecular weight excluding hydrogens is 430 g/mol. The number of sulfone groups is 1. The van der Waals surface area contributed by atoms with Crippen LogP contribution in [0.2, 0.25) is 0 Å². The Balaban J connectivity index is 1.67. The highest BCUT2D eigenvalue weighted by Crippen LogP contribution is 2.20. The molecule has 1 heterocycles. The van der Waals surface area contributed by atoms with E-state index in [0.717, 1.165) is 18.8 Å². The Bertz CT molecular complexity index is 1050. The van der Waals surface area contributed by atoms with Crippen molar-refractivity contribution in [3.05, 3.63) is 54.1 Å². The van der Waals surface area contributed by atoms with Gasteiger partial charge in [0.25, 0.3) is 5.91 Å². The van der Waals surface area contributed by atoms with Crippen LogP contribution in [0, 0.1) is 0 Å². The lowest BCUT2D eigenvalue weighted by Gasteiger charge is -2.29. The van der Waals surface area contributed by atoms with Crippen LogP contribution in [0.5, 0.6) is 0 Å². The zero-order valence-electron chi connectivity index (χ0n) is 18.4. The van der Waals surface area contributed by atoms with Gasteiger partial charge in [-0.3, -0.25) is 9.59 Å². The third-order valence-corrected chi connectivity index (χ3v) is 7.15. The highest BCUT2D eigenvalue weighted by Gasteiger charge is 2.25. The highest BCUT2D eigenvalue weighted by atomic mass is 32.2. The lowest BCUT2D eigenvalue weighted by atomic mass is 10.2. The fourth-order valence-electron chi connectivity index (χ4n) is 3.52. The number of nitrogens with one attached hydrogen (secondary N) is 1.